The van der Waals surface area contributed by atoms with Crippen LogP contribution in [0.25, 0.3) is 0 Å². The molecular weight excluding hydrogens is 200 g/mol. The lowest BCUT2D eigenvalue weighted by atomic mass is 10.4. The van der Waals surface area contributed by atoms with Crippen molar-refractivity contribution < 1.29 is 0 Å². The smallest absolute Gasteiger partial charge is 0.0850 e. The van der Waals surface area contributed by atoms with E-state index in [4.69, 9.17) is 11.6 Å². The van der Waals surface area contributed by atoms with Crippen molar-refractivity contribution in [3.63, 3.8) is 0 Å². The van der Waals surface area contributed by atoms with Crippen molar-refractivity contribution in [3.8, 4) is 0 Å². The molecule has 0 aliphatic heterocycles. The van der Waals surface area contributed by atoms with Gasteiger partial charge in [-0.2, -0.15) is 10.2 Å². The summed E-state index contributed by atoms with van der Waals surface area (Å²) in [6.07, 6.45) is 3.41. The summed E-state index contributed by atoms with van der Waals surface area (Å²) >= 11 is 5.75. The molecule has 4 nitrogen and oxygen atoms in total. The molecule has 0 fully saturated rings. The topological polar surface area (TPSA) is 35.6 Å². The predicted molar refractivity (Wildman–Crippen MR) is 54.3 cm³/mol. The molecule has 0 spiro atoms. The first-order chi connectivity index (χ1) is 6.65. The van der Waals surface area contributed by atoms with Crippen LogP contribution in [-0.4, -0.2) is 19.6 Å². The van der Waals surface area contributed by atoms with Crippen molar-refractivity contribution in [2.45, 2.75) is 13.5 Å². The van der Waals surface area contributed by atoms with Gasteiger partial charge in [-0.15, -0.1) is 0 Å². The number of aromatic nitrogens is 4. The van der Waals surface area contributed by atoms with Crippen LogP contribution in [0.3, 0.4) is 0 Å². The second kappa shape index (κ2) is 3.46. The molecule has 0 unspecified atom stereocenters. The van der Waals surface area contributed by atoms with Crippen molar-refractivity contribution in [2.24, 2.45) is 7.05 Å². The molecule has 0 N–H and O–H groups in total. The molecule has 2 aromatic rings. The van der Waals surface area contributed by atoms with Gasteiger partial charge in [-0.25, -0.2) is 0 Å². The molecule has 0 bridgehead atoms. The van der Waals surface area contributed by atoms with Crippen molar-refractivity contribution in [2.75, 3.05) is 0 Å². The molecule has 0 atom stereocenters. The third kappa shape index (κ3) is 1.80. The Kier molecular flexibility index (Phi) is 2.29. The quantitative estimate of drug-likeness (QED) is 0.755. The molecule has 2 rings (SSSR count). The molecule has 0 radical (unpaired) electrons. The highest BCUT2D eigenvalue weighted by Crippen LogP contribution is 2.07. The number of aryl methyl sites for hydroxylation is 2. The highest BCUT2D eigenvalue weighted by molar-refractivity contribution is 6.30. The third-order valence-corrected chi connectivity index (χ3v) is 2.29. The molecule has 74 valence electrons. The first kappa shape index (κ1) is 9.27. The largest absolute Gasteiger partial charge is 0.273 e. The standard InChI is InChI=1S/C9H11ClN4/c1-7-3-9(12-13(7)2)6-14-5-8(10)4-11-14/h3-5H,6H2,1-2H3. The van der Waals surface area contributed by atoms with Crippen LogP contribution in [0.15, 0.2) is 18.5 Å². The van der Waals surface area contributed by atoms with Crippen LogP contribution in [0.1, 0.15) is 11.4 Å². The summed E-state index contributed by atoms with van der Waals surface area (Å²) in [5.74, 6) is 0. The van der Waals surface area contributed by atoms with Crippen LogP contribution in [0, 0.1) is 6.92 Å². The van der Waals surface area contributed by atoms with E-state index in [2.05, 4.69) is 10.2 Å². The van der Waals surface area contributed by atoms with Crippen LogP contribution in [0.5, 0.6) is 0 Å². The minimum Gasteiger partial charge on any atom is -0.273 e. The van der Waals surface area contributed by atoms with E-state index >= 15 is 0 Å². The van der Waals surface area contributed by atoms with Gasteiger partial charge in [-0.1, -0.05) is 11.6 Å². The molecule has 2 aromatic heterocycles. The maximum Gasteiger partial charge on any atom is 0.0850 e. The number of nitrogens with zero attached hydrogens (tertiary/aromatic N) is 4. The van der Waals surface area contributed by atoms with E-state index in [9.17, 15) is 0 Å². The van der Waals surface area contributed by atoms with Gasteiger partial charge < -0.3 is 0 Å². The normalized spacial score (nSPS) is 10.8. The van der Waals surface area contributed by atoms with Crippen molar-refractivity contribution in [1.82, 2.24) is 19.6 Å². The fraction of sp³-hybridized carbons (Fsp3) is 0.333. The fourth-order valence-electron chi connectivity index (χ4n) is 1.30. The Bertz CT molecular complexity index is 424. The Balaban J connectivity index is 2.18. The maximum atomic E-state index is 5.75. The van der Waals surface area contributed by atoms with Crippen LogP contribution >= 0.6 is 11.6 Å². The molecule has 0 aliphatic rings. The summed E-state index contributed by atoms with van der Waals surface area (Å²) in [6.45, 7) is 2.68. The highest BCUT2D eigenvalue weighted by atomic mass is 35.5. The lowest BCUT2D eigenvalue weighted by Gasteiger charge is -1.95. The molecule has 5 heteroatoms. The average molecular weight is 211 g/mol. The van der Waals surface area contributed by atoms with Gasteiger partial charge in [-0.05, 0) is 13.0 Å². The molecule has 14 heavy (non-hydrogen) atoms. The van der Waals surface area contributed by atoms with E-state index in [1.54, 1.807) is 17.1 Å². The summed E-state index contributed by atoms with van der Waals surface area (Å²) in [5, 5.41) is 9.06. The van der Waals surface area contributed by atoms with Gasteiger partial charge in [0.25, 0.3) is 0 Å². The Hall–Kier alpha value is -1.29. The van der Waals surface area contributed by atoms with Gasteiger partial charge in [0.1, 0.15) is 0 Å². The van der Waals surface area contributed by atoms with E-state index in [-0.39, 0.29) is 0 Å². The van der Waals surface area contributed by atoms with Gasteiger partial charge in [0, 0.05) is 18.9 Å². The van der Waals surface area contributed by atoms with Crippen molar-refractivity contribution in [3.05, 3.63) is 34.9 Å². The van der Waals surface area contributed by atoms with Crippen LogP contribution in [0.4, 0.5) is 0 Å². The van der Waals surface area contributed by atoms with Gasteiger partial charge >= 0.3 is 0 Å². The summed E-state index contributed by atoms with van der Waals surface area (Å²) < 4.78 is 3.62. The Morgan fingerprint density at radius 1 is 1.50 bits per heavy atom. The second-order valence-corrected chi connectivity index (χ2v) is 3.69. The summed E-state index contributed by atoms with van der Waals surface area (Å²) in [4.78, 5) is 0. The Labute approximate surface area is 87.1 Å². The summed E-state index contributed by atoms with van der Waals surface area (Å²) in [7, 11) is 1.93. The minimum atomic E-state index is 0.651. The molecule has 0 saturated carbocycles. The van der Waals surface area contributed by atoms with Gasteiger partial charge in [0.05, 0.1) is 23.5 Å². The highest BCUT2D eigenvalue weighted by Gasteiger charge is 2.02. The van der Waals surface area contributed by atoms with Crippen LogP contribution < -0.4 is 0 Å². The monoisotopic (exact) mass is 210 g/mol. The van der Waals surface area contributed by atoms with E-state index in [1.165, 1.54) is 0 Å². The zero-order chi connectivity index (χ0) is 10.1. The molecule has 0 aromatic carbocycles. The molecule has 0 amide bonds. The van der Waals surface area contributed by atoms with Gasteiger partial charge in [-0.3, -0.25) is 9.36 Å². The zero-order valence-corrected chi connectivity index (χ0v) is 8.86. The molecule has 2 heterocycles. The molecule has 0 aliphatic carbocycles. The zero-order valence-electron chi connectivity index (χ0n) is 8.11. The van der Waals surface area contributed by atoms with Crippen molar-refractivity contribution >= 4 is 11.6 Å². The van der Waals surface area contributed by atoms with Gasteiger partial charge in [0.15, 0.2) is 0 Å². The fourth-order valence-corrected chi connectivity index (χ4v) is 1.46. The van der Waals surface area contributed by atoms with Crippen LogP contribution in [-0.2, 0) is 13.6 Å². The first-order valence-electron chi connectivity index (χ1n) is 4.32. The molecule has 0 saturated heterocycles. The predicted octanol–water partition coefficient (Wildman–Crippen LogP) is 1.63. The SMILES string of the molecule is Cc1cc(Cn2cc(Cl)cn2)nn1C. The minimum absolute atomic E-state index is 0.651. The van der Waals surface area contributed by atoms with E-state index in [1.807, 2.05) is 24.7 Å². The number of hydrogen-bond acceptors (Lipinski definition) is 2. The molecular formula is C9H11ClN4. The van der Waals surface area contributed by atoms with E-state index in [0.29, 0.717) is 11.6 Å². The number of hydrogen-bond donors (Lipinski definition) is 0. The summed E-state index contributed by atoms with van der Waals surface area (Å²) in [5.41, 5.74) is 2.13. The number of rotatable bonds is 2. The van der Waals surface area contributed by atoms with E-state index < -0.39 is 0 Å². The van der Waals surface area contributed by atoms with Crippen LogP contribution in [0.2, 0.25) is 5.02 Å². The average Bonchev–Trinajstić information content (AvgIpc) is 2.62. The lowest BCUT2D eigenvalue weighted by molar-refractivity contribution is 0.647. The Morgan fingerprint density at radius 3 is 2.79 bits per heavy atom. The van der Waals surface area contributed by atoms with Gasteiger partial charge in [0.2, 0.25) is 0 Å². The maximum absolute atomic E-state index is 5.75. The Morgan fingerprint density at radius 2 is 2.29 bits per heavy atom. The summed E-state index contributed by atoms with van der Waals surface area (Å²) in [6, 6.07) is 2.04. The number of halogens is 1. The third-order valence-electron chi connectivity index (χ3n) is 2.09. The second-order valence-electron chi connectivity index (χ2n) is 3.26. The first-order valence-corrected chi connectivity index (χ1v) is 4.70. The van der Waals surface area contributed by atoms with E-state index in [0.717, 1.165) is 11.4 Å². The van der Waals surface area contributed by atoms with Crippen molar-refractivity contribution in [1.29, 1.82) is 0 Å². The lowest BCUT2D eigenvalue weighted by Crippen LogP contribution is -2.01.